The van der Waals surface area contributed by atoms with Crippen LogP contribution in [0.5, 0.6) is 0 Å². The first-order valence-electron chi connectivity index (χ1n) is 8.50. The van der Waals surface area contributed by atoms with Gasteiger partial charge in [-0.05, 0) is 17.2 Å². The summed E-state index contributed by atoms with van der Waals surface area (Å²) < 4.78 is 5.49. The first-order chi connectivity index (χ1) is 12.6. The SMILES string of the molecule is C=C1NC(=O)CC(c2ccccc2Cl)C1C(=O)OCCc1ccccc1. The van der Waals surface area contributed by atoms with E-state index in [1.807, 2.05) is 48.5 Å². The number of rotatable bonds is 5. The highest BCUT2D eigenvalue weighted by Gasteiger charge is 2.39. The minimum Gasteiger partial charge on any atom is -0.465 e. The molecule has 1 heterocycles. The molecular formula is C21H20ClNO3. The van der Waals surface area contributed by atoms with Gasteiger partial charge in [-0.15, -0.1) is 0 Å². The third kappa shape index (κ3) is 4.14. The van der Waals surface area contributed by atoms with Gasteiger partial charge in [-0.3, -0.25) is 9.59 Å². The summed E-state index contributed by atoms with van der Waals surface area (Å²) in [5.41, 5.74) is 2.21. The van der Waals surface area contributed by atoms with E-state index < -0.39 is 11.9 Å². The summed E-state index contributed by atoms with van der Waals surface area (Å²) in [6.07, 6.45) is 0.802. The summed E-state index contributed by atoms with van der Waals surface area (Å²) in [4.78, 5) is 24.7. The molecule has 5 heteroatoms. The van der Waals surface area contributed by atoms with Crippen LogP contribution in [0.4, 0.5) is 0 Å². The van der Waals surface area contributed by atoms with Crippen LogP contribution in [0.3, 0.4) is 0 Å². The zero-order chi connectivity index (χ0) is 18.5. The molecule has 2 aromatic rings. The molecule has 26 heavy (non-hydrogen) atoms. The number of hydrogen-bond donors (Lipinski definition) is 1. The standard InChI is InChI=1S/C21H20ClNO3/c1-14-20(21(25)26-12-11-15-7-3-2-4-8-15)17(13-19(24)23-14)16-9-5-6-10-18(16)22/h2-10,17,20H,1,11-13H2,(H,23,24). The highest BCUT2D eigenvalue weighted by molar-refractivity contribution is 6.31. The van der Waals surface area contributed by atoms with Gasteiger partial charge in [-0.1, -0.05) is 66.7 Å². The number of carbonyl (C=O) groups excluding carboxylic acids is 2. The topological polar surface area (TPSA) is 55.4 Å². The van der Waals surface area contributed by atoms with E-state index in [0.29, 0.717) is 17.1 Å². The number of nitrogens with one attached hydrogen (secondary N) is 1. The second kappa shape index (κ2) is 8.19. The number of amides is 1. The summed E-state index contributed by atoms with van der Waals surface area (Å²) in [6.45, 7) is 4.14. The molecule has 0 radical (unpaired) electrons. The molecule has 2 unspecified atom stereocenters. The summed E-state index contributed by atoms with van der Waals surface area (Å²) in [7, 11) is 0. The minimum absolute atomic E-state index is 0.168. The largest absolute Gasteiger partial charge is 0.465 e. The second-order valence-electron chi connectivity index (χ2n) is 6.29. The predicted molar refractivity (Wildman–Crippen MR) is 101 cm³/mol. The van der Waals surface area contributed by atoms with Gasteiger partial charge in [-0.2, -0.15) is 0 Å². The molecule has 1 aliphatic heterocycles. The maximum Gasteiger partial charge on any atom is 0.315 e. The lowest BCUT2D eigenvalue weighted by Crippen LogP contribution is -2.41. The molecule has 1 N–H and O–H groups in total. The van der Waals surface area contributed by atoms with E-state index in [9.17, 15) is 9.59 Å². The molecule has 0 saturated carbocycles. The fraction of sp³-hybridized carbons (Fsp3) is 0.238. The van der Waals surface area contributed by atoms with Gasteiger partial charge in [0.2, 0.25) is 5.91 Å². The molecule has 4 nitrogen and oxygen atoms in total. The molecule has 0 bridgehead atoms. The van der Waals surface area contributed by atoms with Crippen molar-refractivity contribution in [3.8, 4) is 0 Å². The van der Waals surface area contributed by atoms with E-state index >= 15 is 0 Å². The number of benzene rings is 2. The van der Waals surface area contributed by atoms with Crippen molar-refractivity contribution < 1.29 is 14.3 Å². The van der Waals surface area contributed by atoms with E-state index in [1.54, 1.807) is 6.07 Å². The van der Waals surface area contributed by atoms with Crippen LogP contribution >= 0.6 is 11.6 Å². The fourth-order valence-corrected chi connectivity index (χ4v) is 3.52. The zero-order valence-electron chi connectivity index (χ0n) is 14.3. The molecular weight excluding hydrogens is 350 g/mol. The monoisotopic (exact) mass is 369 g/mol. The highest BCUT2D eigenvalue weighted by Crippen LogP contribution is 2.38. The van der Waals surface area contributed by atoms with Crippen molar-refractivity contribution >= 4 is 23.5 Å². The van der Waals surface area contributed by atoms with E-state index in [4.69, 9.17) is 16.3 Å². The maximum absolute atomic E-state index is 12.7. The molecule has 134 valence electrons. The molecule has 0 aliphatic carbocycles. The first-order valence-corrected chi connectivity index (χ1v) is 8.87. The zero-order valence-corrected chi connectivity index (χ0v) is 15.0. The van der Waals surface area contributed by atoms with Crippen LogP contribution in [0.15, 0.2) is 66.9 Å². The maximum atomic E-state index is 12.7. The average Bonchev–Trinajstić information content (AvgIpc) is 2.62. The van der Waals surface area contributed by atoms with E-state index in [0.717, 1.165) is 11.1 Å². The van der Waals surface area contributed by atoms with Gasteiger partial charge < -0.3 is 10.1 Å². The Balaban J connectivity index is 1.73. The Kier molecular flexibility index (Phi) is 5.74. The minimum atomic E-state index is -0.650. The van der Waals surface area contributed by atoms with Crippen molar-refractivity contribution in [2.75, 3.05) is 6.61 Å². The van der Waals surface area contributed by atoms with Crippen LogP contribution in [-0.4, -0.2) is 18.5 Å². The van der Waals surface area contributed by atoms with E-state index in [1.165, 1.54) is 0 Å². The molecule has 0 spiro atoms. The summed E-state index contributed by atoms with van der Waals surface area (Å²) in [6, 6.07) is 17.1. The van der Waals surface area contributed by atoms with Crippen molar-refractivity contribution in [2.24, 2.45) is 5.92 Å². The Hall–Kier alpha value is -2.59. The van der Waals surface area contributed by atoms with Gasteiger partial charge in [0, 0.05) is 29.5 Å². The van der Waals surface area contributed by atoms with Crippen LogP contribution in [-0.2, 0) is 20.7 Å². The molecule has 1 aliphatic rings. The van der Waals surface area contributed by atoms with Gasteiger partial charge in [0.1, 0.15) is 5.92 Å². The summed E-state index contributed by atoms with van der Waals surface area (Å²) in [5.74, 6) is -1.60. The van der Waals surface area contributed by atoms with Crippen LogP contribution in [0.2, 0.25) is 5.02 Å². The summed E-state index contributed by atoms with van der Waals surface area (Å²) >= 11 is 6.29. The lowest BCUT2D eigenvalue weighted by atomic mass is 9.79. The van der Waals surface area contributed by atoms with Gasteiger partial charge in [0.15, 0.2) is 0 Å². The molecule has 1 amide bonds. The van der Waals surface area contributed by atoms with E-state index in [2.05, 4.69) is 11.9 Å². The Morgan fingerprint density at radius 2 is 1.85 bits per heavy atom. The Morgan fingerprint density at radius 1 is 1.15 bits per heavy atom. The number of esters is 1. The number of piperidine rings is 1. The van der Waals surface area contributed by atoms with Crippen molar-refractivity contribution in [2.45, 2.75) is 18.8 Å². The average molecular weight is 370 g/mol. The molecule has 3 rings (SSSR count). The lowest BCUT2D eigenvalue weighted by molar-refractivity contribution is -0.149. The number of ether oxygens (including phenoxy) is 1. The Labute approximate surface area is 157 Å². The van der Waals surface area contributed by atoms with Gasteiger partial charge in [0.05, 0.1) is 6.61 Å². The lowest BCUT2D eigenvalue weighted by Gasteiger charge is -2.32. The third-order valence-corrected chi connectivity index (χ3v) is 4.86. The Bertz CT molecular complexity index is 819. The van der Waals surface area contributed by atoms with E-state index in [-0.39, 0.29) is 24.9 Å². The Morgan fingerprint density at radius 3 is 2.58 bits per heavy atom. The molecule has 2 atom stereocenters. The second-order valence-corrected chi connectivity index (χ2v) is 6.69. The van der Waals surface area contributed by atoms with Crippen LogP contribution in [0, 0.1) is 5.92 Å². The van der Waals surface area contributed by atoms with Crippen LogP contribution < -0.4 is 5.32 Å². The van der Waals surface area contributed by atoms with Crippen molar-refractivity contribution in [1.29, 1.82) is 0 Å². The quantitative estimate of drug-likeness (QED) is 0.814. The first kappa shape index (κ1) is 18.2. The fourth-order valence-electron chi connectivity index (χ4n) is 3.24. The van der Waals surface area contributed by atoms with Crippen molar-refractivity contribution in [1.82, 2.24) is 5.32 Å². The van der Waals surface area contributed by atoms with Gasteiger partial charge in [-0.25, -0.2) is 0 Å². The normalized spacial score (nSPS) is 19.7. The third-order valence-electron chi connectivity index (χ3n) is 4.52. The van der Waals surface area contributed by atoms with Crippen molar-refractivity contribution in [3.63, 3.8) is 0 Å². The van der Waals surface area contributed by atoms with Crippen LogP contribution in [0.25, 0.3) is 0 Å². The highest BCUT2D eigenvalue weighted by atomic mass is 35.5. The van der Waals surface area contributed by atoms with Crippen LogP contribution in [0.1, 0.15) is 23.5 Å². The molecule has 1 fully saturated rings. The molecule has 2 aromatic carbocycles. The predicted octanol–water partition coefficient (Wildman–Crippen LogP) is 3.86. The molecule has 0 aromatic heterocycles. The van der Waals surface area contributed by atoms with Gasteiger partial charge >= 0.3 is 5.97 Å². The smallest absolute Gasteiger partial charge is 0.315 e. The number of halogens is 1. The number of carbonyl (C=O) groups is 2. The van der Waals surface area contributed by atoms with Crippen molar-refractivity contribution in [3.05, 3.63) is 83.0 Å². The number of hydrogen-bond acceptors (Lipinski definition) is 3. The molecule has 1 saturated heterocycles. The summed E-state index contributed by atoms with van der Waals surface area (Å²) in [5, 5.41) is 3.19. The van der Waals surface area contributed by atoms with Gasteiger partial charge in [0.25, 0.3) is 0 Å².